The molecule has 0 aromatic heterocycles. The molecule has 2 aliphatic rings. The molecule has 0 unspecified atom stereocenters. The van der Waals surface area contributed by atoms with E-state index in [1.807, 2.05) is 0 Å². The molecule has 1 aromatic rings. The van der Waals surface area contributed by atoms with Crippen LogP contribution in [-0.4, -0.2) is 61.4 Å². The van der Waals surface area contributed by atoms with Crippen molar-refractivity contribution >= 4 is 5.69 Å². The monoisotopic (exact) mass is 261 g/mol. The first kappa shape index (κ1) is 12.9. The normalized spacial score (nSPS) is 28.8. The fourth-order valence-electron chi connectivity index (χ4n) is 3.08. The number of para-hydroxylation sites is 1. The summed E-state index contributed by atoms with van der Waals surface area (Å²) >= 11 is 0. The lowest BCUT2D eigenvalue weighted by Gasteiger charge is -2.39. The molecule has 1 aromatic carbocycles. The first-order valence-electron chi connectivity index (χ1n) is 7.21. The molecule has 0 radical (unpaired) electrons. The van der Waals surface area contributed by atoms with Gasteiger partial charge in [0.15, 0.2) is 0 Å². The third kappa shape index (κ3) is 3.08. The van der Waals surface area contributed by atoms with Gasteiger partial charge in [0.1, 0.15) is 0 Å². The number of β-amino-alcohol motifs (C(OH)–C–C–N with tert-alkyl or cyclic N) is 1. The van der Waals surface area contributed by atoms with Crippen LogP contribution in [0.15, 0.2) is 30.3 Å². The zero-order chi connectivity index (χ0) is 13.1. The highest BCUT2D eigenvalue weighted by atomic mass is 16.3. The molecule has 2 aliphatic heterocycles. The Hall–Kier alpha value is -1.10. The SMILES string of the molecule is O[C@]1(CN2CCN(c3ccccc3)CC2)CCNC1. The molecule has 3 rings (SSSR count). The van der Waals surface area contributed by atoms with Gasteiger partial charge in [-0.3, -0.25) is 4.90 Å². The predicted octanol–water partition coefficient (Wildman–Crippen LogP) is 0.533. The summed E-state index contributed by atoms with van der Waals surface area (Å²) in [5.74, 6) is 0. The Morgan fingerprint density at radius 3 is 2.47 bits per heavy atom. The van der Waals surface area contributed by atoms with E-state index in [0.717, 1.165) is 52.2 Å². The summed E-state index contributed by atoms with van der Waals surface area (Å²) in [5, 5.41) is 13.7. The Kier molecular flexibility index (Phi) is 3.73. The van der Waals surface area contributed by atoms with Gasteiger partial charge in [-0.2, -0.15) is 0 Å². The molecule has 0 amide bonds. The maximum atomic E-state index is 10.4. The number of nitrogens with one attached hydrogen (secondary N) is 1. The summed E-state index contributed by atoms with van der Waals surface area (Å²) in [6.07, 6.45) is 0.881. The fourth-order valence-corrected chi connectivity index (χ4v) is 3.08. The van der Waals surface area contributed by atoms with Crippen LogP contribution in [0.25, 0.3) is 0 Å². The van der Waals surface area contributed by atoms with Crippen LogP contribution >= 0.6 is 0 Å². The minimum absolute atomic E-state index is 0.505. The maximum absolute atomic E-state index is 10.4. The van der Waals surface area contributed by atoms with Crippen molar-refractivity contribution in [2.24, 2.45) is 0 Å². The molecule has 104 valence electrons. The van der Waals surface area contributed by atoms with Crippen LogP contribution in [0.4, 0.5) is 5.69 Å². The average molecular weight is 261 g/mol. The molecule has 0 saturated carbocycles. The number of hydrogen-bond acceptors (Lipinski definition) is 4. The molecule has 0 spiro atoms. The van der Waals surface area contributed by atoms with E-state index >= 15 is 0 Å². The van der Waals surface area contributed by atoms with Crippen LogP contribution in [0, 0.1) is 0 Å². The highest BCUT2D eigenvalue weighted by Gasteiger charge is 2.33. The summed E-state index contributed by atoms with van der Waals surface area (Å²) < 4.78 is 0. The van der Waals surface area contributed by atoms with Crippen molar-refractivity contribution < 1.29 is 5.11 Å². The second kappa shape index (κ2) is 5.49. The highest BCUT2D eigenvalue weighted by molar-refractivity contribution is 5.46. The predicted molar refractivity (Wildman–Crippen MR) is 77.5 cm³/mol. The van der Waals surface area contributed by atoms with Gasteiger partial charge in [-0.05, 0) is 25.1 Å². The van der Waals surface area contributed by atoms with Crippen molar-refractivity contribution in [2.75, 3.05) is 50.7 Å². The molecule has 19 heavy (non-hydrogen) atoms. The minimum atomic E-state index is -0.505. The zero-order valence-electron chi connectivity index (χ0n) is 11.4. The zero-order valence-corrected chi connectivity index (χ0v) is 11.4. The molecule has 0 aliphatic carbocycles. The van der Waals surface area contributed by atoms with Crippen molar-refractivity contribution in [3.05, 3.63) is 30.3 Å². The highest BCUT2D eigenvalue weighted by Crippen LogP contribution is 2.19. The van der Waals surface area contributed by atoms with Crippen molar-refractivity contribution in [3.63, 3.8) is 0 Å². The molecule has 2 heterocycles. The van der Waals surface area contributed by atoms with Gasteiger partial charge in [0.25, 0.3) is 0 Å². The Morgan fingerprint density at radius 1 is 1.11 bits per heavy atom. The van der Waals surface area contributed by atoms with Gasteiger partial charge in [-0.15, -0.1) is 0 Å². The van der Waals surface area contributed by atoms with Gasteiger partial charge in [-0.1, -0.05) is 18.2 Å². The third-order valence-electron chi connectivity index (χ3n) is 4.23. The first-order valence-corrected chi connectivity index (χ1v) is 7.21. The first-order chi connectivity index (χ1) is 9.25. The van der Waals surface area contributed by atoms with Crippen molar-refractivity contribution in [1.29, 1.82) is 0 Å². The molecular weight excluding hydrogens is 238 g/mol. The summed E-state index contributed by atoms with van der Waals surface area (Å²) in [6.45, 7) is 6.67. The lowest BCUT2D eigenvalue weighted by atomic mass is 10.0. The second-order valence-corrected chi connectivity index (χ2v) is 5.75. The summed E-state index contributed by atoms with van der Waals surface area (Å²) in [6, 6.07) is 10.6. The lowest BCUT2D eigenvalue weighted by molar-refractivity contribution is 0.0193. The van der Waals surface area contributed by atoms with E-state index in [-0.39, 0.29) is 0 Å². The minimum Gasteiger partial charge on any atom is -0.387 e. The van der Waals surface area contributed by atoms with Crippen LogP contribution in [0.5, 0.6) is 0 Å². The topological polar surface area (TPSA) is 38.7 Å². The molecule has 4 nitrogen and oxygen atoms in total. The fraction of sp³-hybridized carbons (Fsp3) is 0.600. The number of benzene rings is 1. The number of aliphatic hydroxyl groups is 1. The van der Waals surface area contributed by atoms with Gasteiger partial charge in [-0.25, -0.2) is 0 Å². The Bertz CT molecular complexity index is 395. The number of piperazine rings is 1. The second-order valence-electron chi connectivity index (χ2n) is 5.75. The summed E-state index contributed by atoms with van der Waals surface area (Å²) in [4.78, 5) is 4.82. The molecule has 4 heteroatoms. The van der Waals surface area contributed by atoms with Gasteiger partial charge < -0.3 is 15.3 Å². The molecule has 1 atom stereocenters. The molecule has 2 fully saturated rings. The van der Waals surface area contributed by atoms with E-state index in [2.05, 4.69) is 45.4 Å². The Balaban J connectivity index is 1.52. The quantitative estimate of drug-likeness (QED) is 0.833. The number of hydrogen-bond donors (Lipinski definition) is 2. The van der Waals surface area contributed by atoms with Gasteiger partial charge in [0, 0.05) is 45.0 Å². The largest absolute Gasteiger partial charge is 0.387 e. The van der Waals surface area contributed by atoms with Crippen LogP contribution in [0.1, 0.15) is 6.42 Å². The summed E-state index contributed by atoms with van der Waals surface area (Å²) in [7, 11) is 0. The Morgan fingerprint density at radius 2 is 1.84 bits per heavy atom. The number of nitrogens with zero attached hydrogens (tertiary/aromatic N) is 2. The molecule has 2 N–H and O–H groups in total. The number of rotatable bonds is 3. The van der Waals surface area contributed by atoms with Crippen molar-refractivity contribution in [3.8, 4) is 0 Å². The van der Waals surface area contributed by atoms with E-state index in [4.69, 9.17) is 0 Å². The molecular formula is C15H23N3O. The number of anilines is 1. The Labute approximate surface area is 115 Å². The van der Waals surface area contributed by atoms with Crippen molar-refractivity contribution in [1.82, 2.24) is 10.2 Å². The van der Waals surface area contributed by atoms with Crippen LogP contribution in [0.2, 0.25) is 0 Å². The molecule has 0 bridgehead atoms. The van der Waals surface area contributed by atoms with Gasteiger partial charge >= 0.3 is 0 Å². The third-order valence-corrected chi connectivity index (χ3v) is 4.23. The van der Waals surface area contributed by atoms with Gasteiger partial charge in [0.2, 0.25) is 0 Å². The molecule has 2 saturated heterocycles. The van der Waals surface area contributed by atoms with E-state index < -0.39 is 5.60 Å². The van der Waals surface area contributed by atoms with E-state index in [1.165, 1.54) is 5.69 Å². The van der Waals surface area contributed by atoms with Crippen LogP contribution < -0.4 is 10.2 Å². The van der Waals surface area contributed by atoms with E-state index in [1.54, 1.807) is 0 Å². The van der Waals surface area contributed by atoms with Crippen LogP contribution in [0.3, 0.4) is 0 Å². The van der Waals surface area contributed by atoms with Gasteiger partial charge in [0.05, 0.1) is 5.60 Å². The maximum Gasteiger partial charge on any atom is 0.0909 e. The smallest absolute Gasteiger partial charge is 0.0909 e. The van der Waals surface area contributed by atoms with Crippen molar-refractivity contribution in [2.45, 2.75) is 12.0 Å². The summed E-state index contributed by atoms with van der Waals surface area (Å²) in [5.41, 5.74) is 0.804. The van der Waals surface area contributed by atoms with E-state index in [0.29, 0.717) is 0 Å². The lowest BCUT2D eigenvalue weighted by Crippen LogP contribution is -2.52. The van der Waals surface area contributed by atoms with Crippen LogP contribution in [-0.2, 0) is 0 Å². The van der Waals surface area contributed by atoms with E-state index in [9.17, 15) is 5.11 Å². The average Bonchev–Trinajstić information content (AvgIpc) is 2.87. The standard InChI is InChI=1S/C15H23N3O/c19-15(6-7-16-12-15)13-17-8-10-18(11-9-17)14-4-2-1-3-5-14/h1-5,16,19H,6-13H2/t15-/m1/s1.